The predicted molar refractivity (Wildman–Crippen MR) is 69.7 cm³/mol. The van der Waals surface area contributed by atoms with Gasteiger partial charge in [-0.2, -0.15) is 0 Å². The van der Waals surface area contributed by atoms with Crippen molar-refractivity contribution in [3.63, 3.8) is 0 Å². The quantitative estimate of drug-likeness (QED) is 0.249. The largest absolute Gasteiger partial charge is 0.481 e. The molecule has 0 fully saturated rings. The molecular formula is C11H17N3O8. The molecule has 11 nitrogen and oxygen atoms in total. The van der Waals surface area contributed by atoms with Crippen molar-refractivity contribution in [2.75, 3.05) is 6.54 Å². The lowest BCUT2D eigenvalue weighted by atomic mass is 10.1. The molecule has 0 aliphatic carbocycles. The topological polar surface area (TPSA) is 196 Å². The summed E-state index contributed by atoms with van der Waals surface area (Å²) in [5.74, 6) is -5.80. The van der Waals surface area contributed by atoms with Crippen LogP contribution in [0.15, 0.2) is 0 Å². The van der Waals surface area contributed by atoms with Gasteiger partial charge in [-0.25, -0.2) is 0 Å². The summed E-state index contributed by atoms with van der Waals surface area (Å²) < 4.78 is 0. The molecule has 2 amide bonds. The van der Waals surface area contributed by atoms with Crippen LogP contribution in [0.5, 0.6) is 0 Å². The van der Waals surface area contributed by atoms with Crippen LogP contribution in [0, 0.1) is 0 Å². The van der Waals surface area contributed by atoms with E-state index in [0.717, 1.165) is 0 Å². The van der Waals surface area contributed by atoms with Gasteiger partial charge in [-0.1, -0.05) is 0 Å². The molecule has 0 aromatic carbocycles. The first-order valence-corrected chi connectivity index (χ1v) is 6.12. The summed E-state index contributed by atoms with van der Waals surface area (Å²) >= 11 is 0. The molecule has 0 spiro atoms. The monoisotopic (exact) mass is 319 g/mol. The number of rotatable bonds is 10. The van der Waals surface area contributed by atoms with Gasteiger partial charge in [-0.3, -0.25) is 24.0 Å². The standard InChI is InChI=1S/C11H17N3O8/c12-5(1-2-7(15)16)10(21)14-6(3-8(17)18)11(22)13-4-9(19)20/h5-6H,1-4,12H2,(H,13,22)(H,14,21)(H,15,16)(H,17,18)(H,19,20). The SMILES string of the molecule is NC(CCC(=O)O)C(=O)NC(CC(=O)O)C(=O)NCC(=O)O. The lowest BCUT2D eigenvalue weighted by Gasteiger charge is -2.18. The number of nitrogens with one attached hydrogen (secondary N) is 2. The second kappa shape index (κ2) is 9.28. The van der Waals surface area contributed by atoms with Crippen molar-refractivity contribution >= 4 is 29.7 Å². The van der Waals surface area contributed by atoms with Crippen molar-refractivity contribution in [3.05, 3.63) is 0 Å². The Balaban J connectivity index is 4.65. The number of nitrogens with two attached hydrogens (primary N) is 1. The van der Waals surface area contributed by atoms with E-state index in [9.17, 15) is 24.0 Å². The zero-order valence-electron chi connectivity index (χ0n) is 11.4. The Labute approximate surface area is 124 Å². The van der Waals surface area contributed by atoms with Gasteiger partial charge < -0.3 is 31.7 Å². The summed E-state index contributed by atoms with van der Waals surface area (Å²) in [5, 5.41) is 29.6. The maximum atomic E-state index is 11.7. The molecule has 124 valence electrons. The molecule has 0 heterocycles. The van der Waals surface area contributed by atoms with Crippen LogP contribution in [0.2, 0.25) is 0 Å². The minimum atomic E-state index is -1.51. The van der Waals surface area contributed by atoms with Crippen LogP contribution < -0.4 is 16.4 Å². The van der Waals surface area contributed by atoms with E-state index in [-0.39, 0.29) is 12.8 Å². The number of hydrogen-bond donors (Lipinski definition) is 6. The van der Waals surface area contributed by atoms with E-state index in [4.69, 9.17) is 21.1 Å². The second-order valence-electron chi connectivity index (χ2n) is 4.31. The fourth-order valence-electron chi connectivity index (χ4n) is 1.36. The Kier molecular flexibility index (Phi) is 8.15. The first-order valence-electron chi connectivity index (χ1n) is 6.12. The highest BCUT2D eigenvalue weighted by Gasteiger charge is 2.26. The molecule has 7 N–H and O–H groups in total. The van der Waals surface area contributed by atoms with Crippen LogP contribution in [0.1, 0.15) is 19.3 Å². The van der Waals surface area contributed by atoms with Gasteiger partial charge in [0.15, 0.2) is 0 Å². The lowest BCUT2D eigenvalue weighted by molar-refractivity contribution is -0.141. The Morgan fingerprint density at radius 2 is 1.50 bits per heavy atom. The number of carbonyl (C=O) groups is 5. The second-order valence-corrected chi connectivity index (χ2v) is 4.31. The normalized spacial score (nSPS) is 12.8. The number of hydrogen-bond acceptors (Lipinski definition) is 6. The lowest BCUT2D eigenvalue weighted by Crippen LogP contribution is -2.53. The number of carbonyl (C=O) groups excluding carboxylic acids is 2. The zero-order valence-corrected chi connectivity index (χ0v) is 11.4. The number of amides is 2. The van der Waals surface area contributed by atoms with Crippen LogP contribution in [0.4, 0.5) is 0 Å². The van der Waals surface area contributed by atoms with E-state index in [1.54, 1.807) is 0 Å². The molecule has 22 heavy (non-hydrogen) atoms. The van der Waals surface area contributed by atoms with E-state index < -0.39 is 54.8 Å². The Hall–Kier alpha value is -2.69. The first-order chi connectivity index (χ1) is 10.1. The van der Waals surface area contributed by atoms with E-state index in [2.05, 4.69) is 5.32 Å². The predicted octanol–water partition coefficient (Wildman–Crippen LogP) is -2.66. The van der Waals surface area contributed by atoms with E-state index in [0.29, 0.717) is 0 Å². The zero-order chi connectivity index (χ0) is 17.3. The molecule has 2 unspecified atom stereocenters. The minimum Gasteiger partial charge on any atom is -0.481 e. The summed E-state index contributed by atoms with van der Waals surface area (Å²) in [6.45, 7) is -0.740. The third kappa shape index (κ3) is 8.47. The Morgan fingerprint density at radius 3 is 1.95 bits per heavy atom. The van der Waals surface area contributed by atoms with E-state index in [1.807, 2.05) is 5.32 Å². The number of aliphatic carboxylic acids is 3. The molecule has 0 aliphatic heterocycles. The Morgan fingerprint density at radius 1 is 0.909 bits per heavy atom. The van der Waals surface area contributed by atoms with Crippen molar-refractivity contribution in [3.8, 4) is 0 Å². The highest BCUT2D eigenvalue weighted by atomic mass is 16.4. The maximum absolute atomic E-state index is 11.7. The third-order valence-corrected chi connectivity index (χ3v) is 2.43. The van der Waals surface area contributed by atoms with Crippen molar-refractivity contribution in [1.29, 1.82) is 0 Å². The van der Waals surface area contributed by atoms with Gasteiger partial charge in [-0.15, -0.1) is 0 Å². The molecule has 0 saturated heterocycles. The summed E-state index contributed by atoms with van der Waals surface area (Å²) in [4.78, 5) is 54.7. The third-order valence-electron chi connectivity index (χ3n) is 2.43. The average molecular weight is 319 g/mol. The van der Waals surface area contributed by atoms with Crippen molar-refractivity contribution in [1.82, 2.24) is 10.6 Å². The summed E-state index contributed by atoms with van der Waals surface area (Å²) in [6.07, 6.45) is -1.34. The maximum Gasteiger partial charge on any atom is 0.322 e. The average Bonchev–Trinajstić information content (AvgIpc) is 2.40. The molecule has 0 aromatic heterocycles. The van der Waals surface area contributed by atoms with Crippen molar-refractivity contribution in [2.24, 2.45) is 5.73 Å². The summed E-state index contributed by atoms with van der Waals surface area (Å²) in [7, 11) is 0. The number of carboxylic acid groups (broad SMARTS) is 3. The molecule has 0 radical (unpaired) electrons. The van der Waals surface area contributed by atoms with Crippen LogP contribution in [0.25, 0.3) is 0 Å². The van der Waals surface area contributed by atoms with Gasteiger partial charge in [0.1, 0.15) is 12.6 Å². The minimum absolute atomic E-state index is 0.197. The fraction of sp³-hybridized carbons (Fsp3) is 0.545. The van der Waals surface area contributed by atoms with E-state index in [1.165, 1.54) is 0 Å². The van der Waals surface area contributed by atoms with Crippen LogP contribution in [-0.4, -0.2) is 63.7 Å². The number of carboxylic acids is 3. The molecular weight excluding hydrogens is 302 g/mol. The van der Waals surface area contributed by atoms with Gasteiger partial charge >= 0.3 is 17.9 Å². The van der Waals surface area contributed by atoms with Gasteiger partial charge in [0.2, 0.25) is 11.8 Å². The summed E-state index contributed by atoms with van der Waals surface area (Å²) in [6, 6.07) is -2.75. The van der Waals surface area contributed by atoms with Crippen LogP contribution in [0.3, 0.4) is 0 Å². The molecule has 2 atom stereocenters. The molecule has 0 aliphatic rings. The van der Waals surface area contributed by atoms with Gasteiger partial charge in [-0.05, 0) is 6.42 Å². The summed E-state index contributed by atoms with van der Waals surface area (Å²) in [5.41, 5.74) is 5.42. The molecule has 11 heteroatoms. The van der Waals surface area contributed by atoms with Gasteiger partial charge in [0.05, 0.1) is 12.5 Å². The molecule has 0 bridgehead atoms. The molecule has 0 saturated carbocycles. The van der Waals surface area contributed by atoms with Gasteiger partial charge in [0.25, 0.3) is 0 Å². The van der Waals surface area contributed by atoms with Crippen LogP contribution >= 0.6 is 0 Å². The smallest absolute Gasteiger partial charge is 0.322 e. The van der Waals surface area contributed by atoms with E-state index >= 15 is 0 Å². The molecule has 0 rings (SSSR count). The molecule has 0 aromatic rings. The van der Waals surface area contributed by atoms with Crippen LogP contribution in [-0.2, 0) is 24.0 Å². The highest BCUT2D eigenvalue weighted by Crippen LogP contribution is 1.98. The first kappa shape index (κ1) is 19.3. The Bertz CT molecular complexity index is 464. The van der Waals surface area contributed by atoms with Crippen molar-refractivity contribution < 1.29 is 39.3 Å². The highest BCUT2D eigenvalue weighted by molar-refractivity contribution is 5.93. The van der Waals surface area contributed by atoms with Crippen molar-refractivity contribution in [2.45, 2.75) is 31.3 Å². The fourth-order valence-corrected chi connectivity index (χ4v) is 1.36. The van der Waals surface area contributed by atoms with Gasteiger partial charge in [0, 0.05) is 6.42 Å².